The minimum Gasteiger partial charge on any atom is -0.396 e. The lowest BCUT2D eigenvalue weighted by atomic mass is 10.3. The van der Waals surface area contributed by atoms with Crippen LogP contribution in [0.15, 0.2) is 0 Å². The van der Waals surface area contributed by atoms with Gasteiger partial charge in [-0.3, -0.25) is 5.32 Å². The molecule has 0 radical (unpaired) electrons. The lowest BCUT2D eigenvalue weighted by Gasteiger charge is -2.13. The summed E-state index contributed by atoms with van der Waals surface area (Å²) in [4.78, 5) is 0. The van der Waals surface area contributed by atoms with E-state index in [4.69, 9.17) is 15.9 Å². The fraction of sp³-hybridized carbons (Fsp3) is 1.00. The Morgan fingerprint density at radius 3 is 2.60 bits per heavy atom. The molecule has 0 fully saturated rings. The van der Waals surface area contributed by atoms with Crippen LogP contribution in [0.25, 0.3) is 0 Å². The van der Waals surface area contributed by atoms with Crippen molar-refractivity contribution in [2.75, 3.05) is 13.2 Å². The molecule has 0 bridgehead atoms. The topological polar surface area (TPSA) is 78.5 Å². The second-order valence-electron chi connectivity index (χ2n) is 2.38. The predicted octanol–water partition coefficient (Wildman–Crippen LogP) is -1.38. The normalized spacial score (nSPS) is 16.8. The van der Waals surface area contributed by atoms with E-state index >= 15 is 0 Å². The van der Waals surface area contributed by atoms with Gasteiger partial charge in [-0.05, 0) is 13.3 Å². The van der Waals surface area contributed by atoms with Crippen molar-refractivity contribution in [2.24, 2.45) is 5.73 Å². The van der Waals surface area contributed by atoms with Crippen LogP contribution in [0.1, 0.15) is 13.3 Å². The number of rotatable bonds is 5. The van der Waals surface area contributed by atoms with E-state index in [1.807, 2.05) is 0 Å². The first-order valence-electron chi connectivity index (χ1n) is 3.44. The van der Waals surface area contributed by atoms with E-state index in [-0.39, 0.29) is 18.9 Å². The zero-order valence-electron chi connectivity index (χ0n) is 6.25. The van der Waals surface area contributed by atoms with Crippen LogP contribution in [-0.4, -0.2) is 35.6 Å². The molecule has 0 aromatic rings. The third kappa shape index (κ3) is 5.97. The van der Waals surface area contributed by atoms with Crippen molar-refractivity contribution in [1.82, 2.24) is 5.32 Å². The van der Waals surface area contributed by atoms with Crippen molar-refractivity contribution < 1.29 is 10.2 Å². The summed E-state index contributed by atoms with van der Waals surface area (Å²) in [5.41, 5.74) is 5.45. The smallest absolute Gasteiger partial charge is 0.0637 e. The minimum absolute atomic E-state index is 0.0774. The van der Waals surface area contributed by atoms with Gasteiger partial charge in [0, 0.05) is 13.2 Å². The van der Waals surface area contributed by atoms with Gasteiger partial charge < -0.3 is 15.9 Å². The molecule has 0 rings (SSSR count). The van der Waals surface area contributed by atoms with Crippen molar-refractivity contribution in [2.45, 2.75) is 25.6 Å². The summed E-state index contributed by atoms with van der Waals surface area (Å²) in [6.45, 7) is 2.23. The maximum atomic E-state index is 8.79. The van der Waals surface area contributed by atoms with E-state index in [0.29, 0.717) is 13.0 Å². The Morgan fingerprint density at radius 1 is 1.60 bits per heavy atom. The number of aliphatic hydroxyl groups is 2. The molecule has 4 heteroatoms. The molecule has 0 spiro atoms. The van der Waals surface area contributed by atoms with Crippen molar-refractivity contribution in [3.63, 3.8) is 0 Å². The van der Waals surface area contributed by atoms with Gasteiger partial charge >= 0.3 is 0 Å². The van der Waals surface area contributed by atoms with Crippen LogP contribution in [-0.2, 0) is 0 Å². The van der Waals surface area contributed by atoms with Crippen LogP contribution in [0.3, 0.4) is 0 Å². The molecule has 0 aliphatic carbocycles. The van der Waals surface area contributed by atoms with Crippen molar-refractivity contribution in [1.29, 1.82) is 0 Å². The standard InChI is InChI=1S/C6H16N2O2/c1-5(10)4-8-6(7)2-3-9/h5-6,8-10H,2-4,7H2,1H3. The molecule has 2 unspecified atom stereocenters. The van der Waals surface area contributed by atoms with Gasteiger partial charge in [-0.1, -0.05) is 0 Å². The van der Waals surface area contributed by atoms with E-state index in [2.05, 4.69) is 5.32 Å². The summed E-state index contributed by atoms with van der Waals surface area (Å²) in [5.74, 6) is 0. The molecule has 4 nitrogen and oxygen atoms in total. The average Bonchev–Trinajstić information content (AvgIpc) is 1.85. The fourth-order valence-corrected chi connectivity index (χ4v) is 0.563. The van der Waals surface area contributed by atoms with E-state index in [1.54, 1.807) is 6.92 Å². The van der Waals surface area contributed by atoms with Gasteiger partial charge in [0.15, 0.2) is 0 Å². The molecule has 0 aliphatic heterocycles. The van der Waals surface area contributed by atoms with Crippen LogP contribution < -0.4 is 11.1 Å². The van der Waals surface area contributed by atoms with Gasteiger partial charge in [0.2, 0.25) is 0 Å². The van der Waals surface area contributed by atoms with Gasteiger partial charge in [-0.25, -0.2) is 0 Å². The third-order valence-corrected chi connectivity index (χ3v) is 1.12. The fourth-order valence-electron chi connectivity index (χ4n) is 0.563. The van der Waals surface area contributed by atoms with Crippen molar-refractivity contribution in [3.8, 4) is 0 Å². The highest BCUT2D eigenvalue weighted by Gasteiger charge is 2.00. The molecular formula is C6H16N2O2. The van der Waals surface area contributed by atoms with Gasteiger partial charge in [0.05, 0.1) is 12.3 Å². The highest BCUT2D eigenvalue weighted by Crippen LogP contribution is 1.82. The maximum absolute atomic E-state index is 8.79. The molecular weight excluding hydrogens is 132 g/mol. The second kappa shape index (κ2) is 5.61. The Balaban J connectivity index is 3.12. The maximum Gasteiger partial charge on any atom is 0.0637 e. The second-order valence-corrected chi connectivity index (χ2v) is 2.38. The van der Waals surface area contributed by atoms with Gasteiger partial charge in [0.25, 0.3) is 0 Å². The molecule has 62 valence electrons. The molecule has 0 heterocycles. The predicted molar refractivity (Wildman–Crippen MR) is 39.4 cm³/mol. The molecule has 0 saturated carbocycles. The third-order valence-electron chi connectivity index (χ3n) is 1.12. The lowest BCUT2D eigenvalue weighted by Crippen LogP contribution is -2.41. The molecule has 2 atom stereocenters. The number of nitrogens with one attached hydrogen (secondary N) is 1. The van der Waals surface area contributed by atoms with Crippen LogP contribution >= 0.6 is 0 Å². The van der Waals surface area contributed by atoms with Crippen LogP contribution in [0, 0.1) is 0 Å². The summed E-state index contributed by atoms with van der Waals surface area (Å²) in [7, 11) is 0. The quantitative estimate of drug-likeness (QED) is 0.362. The lowest BCUT2D eigenvalue weighted by molar-refractivity contribution is 0.181. The van der Waals surface area contributed by atoms with E-state index in [1.165, 1.54) is 0 Å². The number of nitrogens with two attached hydrogens (primary N) is 1. The van der Waals surface area contributed by atoms with Crippen LogP contribution in [0.2, 0.25) is 0 Å². The van der Waals surface area contributed by atoms with E-state index < -0.39 is 0 Å². The first-order valence-corrected chi connectivity index (χ1v) is 3.44. The Labute approximate surface area is 61.0 Å². The van der Waals surface area contributed by atoms with Gasteiger partial charge in [0.1, 0.15) is 0 Å². The first-order chi connectivity index (χ1) is 4.66. The summed E-state index contributed by atoms with van der Waals surface area (Å²) in [6.07, 6.45) is -0.0726. The Hall–Kier alpha value is -0.160. The Bertz CT molecular complexity index is 78.1. The van der Waals surface area contributed by atoms with Crippen molar-refractivity contribution >= 4 is 0 Å². The zero-order chi connectivity index (χ0) is 7.98. The van der Waals surface area contributed by atoms with Gasteiger partial charge in [-0.15, -0.1) is 0 Å². The van der Waals surface area contributed by atoms with Crippen molar-refractivity contribution in [3.05, 3.63) is 0 Å². The Kier molecular flexibility index (Phi) is 5.52. The molecule has 0 aromatic heterocycles. The molecule has 0 amide bonds. The number of aliphatic hydroxyl groups excluding tert-OH is 2. The largest absolute Gasteiger partial charge is 0.396 e. The summed E-state index contributed by atoms with van der Waals surface area (Å²) in [6, 6.07) is 0. The highest BCUT2D eigenvalue weighted by molar-refractivity contribution is 4.59. The number of hydrogen-bond donors (Lipinski definition) is 4. The SMILES string of the molecule is CC(O)CNC(N)CCO. The number of hydrogen-bond acceptors (Lipinski definition) is 4. The highest BCUT2D eigenvalue weighted by atomic mass is 16.3. The molecule has 10 heavy (non-hydrogen) atoms. The zero-order valence-corrected chi connectivity index (χ0v) is 6.25. The molecule has 0 saturated heterocycles. The van der Waals surface area contributed by atoms with Gasteiger partial charge in [-0.2, -0.15) is 0 Å². The average molecular weight is 148 g/mol. The minimum atomic E-state index is -0.384. The van der Waals surface area contributed by atoms with Crippen LogP contribution in [0.4, 0.5) is 0 Å². The monoisotopic (exact) mass is 148 g/mol. The van der Waals surface area contributed by atoms with Crippen LogP contribution in [0.5, 0.6) is 0 Å². The molecule has 0 aliphatic rings. The van der Waals surface area contributed by atoms with E-state index in [9.17, 15) is 0 Å². The molecule has 5 N–H and O–H groups in total. The summed E-state index contributed by atoms with van der Waals surface area (Å²) in [5, 5.41) is 20.1. The molecule has 0 aromatic carbocycles. The first kappa shape index (κ1) is 9.84. The summed E-state index contributed by atoms with van der Waals surface area (Å²) >= 11 is 0. The summed E-state index contributed by atoms with van der Waals surface area (Å²) < 4.78 is 0. The Morgan fingerprint density at radius 2 is 2.20 bits per heavy atom. The van der Waals surface area contributed by atoms with E-state index in [0.717, 1.165) is 0 Å².